The molecule has 1 rings (SSSR count). The lowest BCUT2D eigenvalue weighted by molar-refractivity contribution is -0.141. The third-order valence-electron chi connectivity index (χ3n) is 2.34. The van der Waals surface area contributed by atoms with Crippen LogP contribution in [0, 0.1) is 5.92 Å². The molecule has 0 saturated heterocycles. The van der Waals surface area contributed by atoms with Crippen molar-refractivity contribution >= 4 is 23.2 Å². The quantitative estimate of drug-likeness (QED) is 0.869. The van der Waals surface area contributed by atoms with Crippen LogP contribution in [0.25, 0.3) is 0 Å². The van der Waals surface area contributed by atoms with E-state index in [9.17, 15) is 9.59 Å². The lowest BCUT2D eigenvalue weighted by Crippen LogP contribution is -2.33. The second-order valence-corrected chi connectivity index (χ2v) is 4.69. The van der Waals surface area contributed by atoms with E-state index >= 15 is 0 Å². The Hall–Kier alpha value is -1.56. The minimum atomic E-state index is -0.909. The molecule has 0 bridgehead atoms. The van der Waals surface area contributed by atoms with Gasteiger partial charge in [-0.1, -0.05) is 6.92 Å². The van der Waals surface area contributed by atoms with Crippen molar-refractivity contribution in [3.05, 3.63) is 16.3 Å². The average molecular weight is 257 g/mol. The van der Waals surface area contributed by atoms with Gasteiger partial charge in [0.2, 0.25) is 0 Å². The molecule has 0 saturated carbocycles. The number of amides is 1. The molecule has 1 unspecified atom stereocenters. The van der Waals surface area contributed by atoms with Crippen molar-refractivity contribution in [2.75, 3.05) is 20.7 Å². The first-order valence-corrected chi connectivity index (χ1v) is 5.94. The smallest absolute Gasteiger partial charge is 0.308 e. The van der Waals surface area contributed by atoms with Gasteiger partial charge in [0.05, 0.1) is 17.9 Å². The molecule has 1 aromatic rings. The van der Waals surface area contributed by atoms with Crippen LogP contribution in [0.3, 0.4) is 0 Å². The van der Waals surface area contributed by atoms with E-state index in [0.29, 0.717) is 10.6 Å². The van der Waals surface area contributed by atoms with Gasteiger partial charge in [-0.3, -0.25) is 9.59 Å². The zero-order chi connectivity index (χ0) is 13.0. The minimum Gasteiger partial charge on any atom is -0.496 e. The number of thiophene rings is 1. The molecule has 0 aromatic carbocycles. The fraction of sp³-hybridized carbons (Fsp3) is 0.455. The fourth-order valence-electron chi connectivity index (χ4n) is 1.30. The third-order valence-corrected chi connectivity index (χ3v) is 3.23. The van der Waals surface area contributed by atoms with Gasteiger partial charge in [0.1, 0.15) is 5.75 Å². The van der Waals surface area contributed by atoms with Crippen LogP contribution in [-0.2, 0) is 4.79 Å². The number of carbonyl (C=O) groups is 2. The van der Waals surface area contributed by atoms with Gasteiger partial charge in [-0.05, 0) is 0 Å². The molecule has 5 nitrogen and oxygen atoms in total. The zero-order valence-electron chi connectivity index (χ0n) is 9.97. The standard InChI is InChI=1S/C11H15NO4S/c1-7(11(14)15)5-12(2)10(13)9-4-8(16-3)6-17-9/h4,6-7H,5H2,1-3H3,(H,14,15). The van der Waals surface area contributed by atoms with E-state index in [1.165, 1.54) is 23.3 Å². The molecule has 6 heteroatoms. The van der Waals surface area contributed by atoms with E-state index in [1.54, 1.807) is 25.4 Å². The normalized spacial score (nSPS) is 11.9. The van der Waals surface area contributed by atoms with Crippen molar-refractivity contribution in [1.82, 2.24) is 4.90 Å². The molecule has 1 atom stereocenters. The SMILES string of the molecule is COc1csc(C(=O)N(C)CC(C)C(=O)O)c1. The first-order valence-electron chi connectivity index (χ1n) is 5.06. The van der Waals surface area contributed by atoms with E-state index in [-0.39, 0.29) is 12.5 Å². The molecule has 1 N–H and O–H groups in total. The summed E-state index contributed by atoms with van der Waals surface area (Å²) in [6.45, 7) is 1.76. The fourth-order valence-corrected chi connectivity index (χ4v) is 2.15. The number of carbonyl (C=O) groups excluding carboxylic acids is 1. The minimum absolute atomic E-state index is 0.189. The second kappa shape index (κ2) is 5.67. The first-order chi connectivity index (χ1) is 7.95. The molecule has 1 aromatic heterocycles. The molecule has 0 spiro atoms. The molecule has 1 amide bonds. The molecular weight excluding hydrogens is 242 g/mol. The lowest BCUT2D eigenvalue weighted by Gasteiger charge is -2.18. The first kappa shape index (κ1) is 13.5. The number of nitrogens with zero attached hydrogens (tertiary/aromatic N) is 1. The highest BCUT2D eigenvalue weighted by atomic mass is 32.1. The maximum Gasteiger partial charge on any atom is 0.308 e. The second-order valence-electron chi connectivity index (χ2n) is 3.78. The lowest BCUT2D eigenvalue weighted by atomic mass is 10.2. The average Bonchev–Trinajstić information content (AvgIpc) is 2.76. The Kier molecular flexibility index (Phi) is 4.51. The molecule has 0 aliphatic rings. The monoisotopic (exact) mass is 257 g/mol. The summed E-state index contributed by atoms with van der Waals surface area (Å²) in [6, 6.07) is 1.65. The van der Waals surface area contributed by atoms with Gasteiger partial charge in [0, 0.05) is 25.0 Å². The summed E-state index contributed by atoms with van der Waals surface area (Å²) < 4.78 is 4.99. The van der Waals surface area contributed by atoms with Crippen LogP contribution in [-0.4, -0.2) is 42.6 Å². The molecule has 94 valence electrons. The van der Waals surface area contributed by atoms with E-state index in [0.717, 1.165) is 0 Å². The van der Waals surface area contributed by atoms with Crippen molar-refractivity contribution in [2.24, 2.45) is 5.92 Å². The van der Waals surface area contributed by atoms with E-state index in [1.807, 2.05) is 0 Å². The van der Waals surface area contributed by atoms with Crippen LogP contribution in [0.4, 0.5) is 0 Å². The summed E-state index contributed by atoms with van der Waals surface area (Å²) in [7, 11) is 3.13. The zero-order valence-corrected chi connectivity index (χ0v) is 10.8. The number of hydrogen-bond donors (Lipinski definition) is 1. The van der Waals surface area contributed by atoms with Gasteiger partial charge in [-0.25, -0.2) is 0 Å². The summed E-state index contributed by atoms with van der Waals surface area (Å²) in [4.78, 5) is 24.6. The van der Waals surface area contributed by atoms with Gasteiger partial charge in [0.15, 0.2) is 0 Å². The molecule has 0 aliphatic heterocycles. The van der Waals surface area contributed by atoms with Gasteiger partial charge in [-0.15, -0.1) is 11.3 Å². The predicted molar refractivity (Wildman–Crippen MR) is 64.6 cm³/mol. The van der Waals surface area contributed by atoms with E-state index < -0.39 is 11.9 Å². The number of carboxylic acid groups (broad SMARTS) is 1. The molecule has 0 aliphatic carbocycles. The Morgan fingerprint density at radius 2 is 2.24 bits per heavy atom. The van der Waals surface area contributed by atoms with Crippen molar-refractivity contribution in [3.63, 3.8) is 0 Å². The highest BCUT2D eigenvalue weighted by Gasteiger charge is 2.19. The summed E-state index contributed by atoms with van der Waals surface area (Å²) in [5.74, 6) is -1.04. The molecule has 0 fully saturated rings. The Morgan fingerprint density at radius 3 is 2.71 bits per heavy atom. The van der Waals surface area contributed by atoms with Crippen molar-refractivity contribution in [3.8, 4) is 5.75 Å². The van der Waals surface area contributed by atoms with Crippen LogP contribution in [0.2, 0.25) is 0 Å². The highest BCUT2D eigenvalue weighted by Crippen LogP contribution is 2.22. The molecule has 17 heavy (non-hydrogen) atoms. The number of carboxylic acids is 1. The number of rotatable bonds is 5. The van der Waals surface area contributed by atoms with Gasteiger partial charge in [0.25, 0.3) is 5.91 Å². The summed E-state index contributed by atoms with van der Waals surface area (Å²) >= 11 is 1.28. The Balaban J connectivity index is 2.66. The van der Waals surface area contributed by atoms with Gasteiger partial charge in [-0.2, -0.15) is 0 Å². The van der Waals surface area contributed by atoms with Crippen LogP contribution >= 0.6 is 11.3 Å². The van der Waals surface area contributed by atoms with Crippen LogP contribution in [0.1, 0.15) is 16.6 Å². The summed E-state index contributed by atoms with van der Waals surface area (Å²) in [5, 5.41) is 10.5. The van der Waals surface area contributed by atoms with E-state index in [2.05, 4.69) is 0 Å². The Morgan fingerprint density at radius 1 is 1.59 bits per heavy atom. The molecule has 1 heterocycles. The molecular formula is C11H15NO4S. The Labute approximate surface area is 104 Å². The summed E-state index contributed by atoms with van der Waals surface area (Å²) in [6.07, 6.45) is 0. The predicted octanol–water partition coefficient (Wildman–Crippen LogP) is 1.55. The van der Waals surface area contributed by atoms with Crippen molar-refractivity contribution in [2.45, 2.75) is 6.92 Å². The molecule has 0 radical (unpaired) electrons. The number of hydrogen-bond acceptors (Lipinski definition) is 4. The number of ether oxygens (including phenoxy) is 1. The van der Waals surface area contributed by atoms with Gasteiger partial charge >= 0.3 is 5.97 Å². The summed E-state index contributed by atoms with van der Waals surface area (Å²) in [5.41, 5.74) is 0. The maximum absolute atomic E-state index is 11.9. The largest absolute Gasteiger partial charge is 0.496 e. The third kappa shape index (κ3) is 3.45. The highest BCUT2D eigenvalue weighted by molar-refractivity contribution is 7.12. The number of methoxy groups -OCH3 is 1. The van der Waals surface area contributed by atoms with Crippen LogP contribution in [0.15, 0.2) is 11.4 Å². The number of aliphatic carboxylic acids is 1. The maximum atomic E-state index is 11.9. The van der Waals surface area contributed by atoms with Crippen molar-refractivity contribution < 1.29 is 19.4 Å². The van der Waals surface area contributed by atoms with E-state index in [4.69, 9.17) is 9.84 Å². The van der Waals surface area contributed by atoms with Crippen LogP contribution < -0.4 is 4.74 Å². The van der Waals surface area contributed by atoms with Crippen LogP contribution in [0.5, 0.6) is 5.75 Å². The Bertz CT molecular complexity index is 415. The topological polar surface area (TPSA) is 66.8 Å². The van der Waals surface area contributed by atoms with Gasteiger partial charge < -0.3 is 14.7 Å². The van der Waals surface area contributed by atoms with Crippen molar-refractivity contribution in [1.29, 1.82) is 0 Å².